The van der Waals surface area contributed by atoms with E-state index in [2.05, 4.69) is 15.6 Å². The van der Waals surface area contributed by atoms with E-state index in [1.807, 2.05) is 6.92 Å². The number of benzene rings is 1. The monoisotopic (exact) mass is 455 g/mol. The van der Waals surface area contributed by atoms with Crippen LogP contribution >= 0.6 is 24.0 Å². The molecule has 2 N–H and O–H groups in total. The molecule has 8 heteroatoms. The molecule has 0 unspecified atom stereocenters. The lowest BCUT2D eigenvalue weighted by Gasteiger charge is -2.12. The molecule has 1 rings (SSSR count). The van der Waals surface area contributed by atoms with Crippen LogP contribution in [0.25, 0.3) is 0 Å². The molecule has 1 aromatic rings. The molecule has 0 aliphatic carbocycles. The van der Waals surface area contributed by atoms with Crippen molar-refractivity contribution in [1.82, 2.24) is 10.6 Å². The van der Waals surface area contributed by atoms with E-state index in [0.29, 0.717) is 30.6 Å². The van der Waals surface area contributed by atoms with Crippen molar-refractivity contribution >= 4 is 39.8 Å². The normalized spacial score (nSPS) is 11.7. The van der Waals surface area contributed by atoms with Crippen LogP contribution < -0.4 is 10.6 Å². The maximum Gasteiger partial charge on any atom is 0.191 e. The number of guanidine groups is 1. The van der Waals surface area contributed by atoms with Crippen LogP contribution in [0.15, 0.2) is 40.2 Å². The zero-order valence-corrected chi connectivity index (χ0v) is 16.8. The lowest BCUT2D eigenvalue weighted by Crippen LogP contribution is -2.40. The minimum absolute atomic E-state index is 0. The number of rotatable bonds is 9. The number of hydrogen-bond donors (Lipinski definition) is 2. The summed E-state index contributed by atoms with van der Waals surface area (Å²) in [6, 6.07) is 8.45. The van der Waals surface area contributed by atoms with Gasteiger partial charge in [0.05, 0.1) is 10.6 Å². The quantitative estimate of drug-likeness (QED) is 0.256. The average Bonchev–Trinajstić information content (AvgIpc) is 2.53. The lowest BCUT2D eigenvalue weighted by molar-refractivity contribution is 0.145. The van der Waals surface area contributed by atoms with E-state index in [9.17, 15) is 8.42 Å². The molecule has 0 saturated heterocycles. The third-order valence-corrected chi connectivity index (χ3v) is 4.68. The fraction of sp³-hybridized carbons (Fsp3) is 0.533. The second-order valence-electron chi connectivity index (χ2n) is 4.61. The predicted octanol–water partition coefficient (Wildman–Crippen LogP) is 1.67. The molecule has 0 aliphatic rings. The molecule has 0 fully saturated rings. The van der Waals surface area contributed by atoms with Gasteiger partial charge in [0.25, 0.3) is 0 Å². The van der Waals surface area contributed by atoms with Crippen LogP contribution in [0.3, 0.4) is 0 Å². The van der Waals surface area contributed by atoms with E-state index in [4.69, 9.17) is 4.74 Å². The fourth-order valence-corrected chi connectivity index (χ4v) is 2.97. The summed E-state index contributed by atoms with van der Waals surface area (Å²) in [6.45, 7) is 4.40. The topological polar surface area (TPSA) is 79.8 Å². The maximum absolute atomic E-state index is 12.1. The zero-order valence-electron chi connectivity index (χ0n) is 13.6. The minimum Gasteiger partial charge on any atom is -0.382 e. The SMILES string of the molecule is CCOCCCNC(=NC)NCCS(=O)(=O)c1ccccc1.I. The van der Waals surface area contributed by atoms with Gasteiger partial charge in [-0.2, -0.15) is 0 Å². The smallest absolute Gasteiger partial charge is 0.191 e. The van der Waals surface area contributed by atoms with Crippen molar-refractivity contribution in [2.75, 3.05) is 39.1 Å². The average molecular weight is 455 g/mol. The van der Waals surface area contributed by atoms with Crippen LogP contribution in [0, 0.1) is 0 Å². The molecule has 0 amide bonds. The van der Waals surface area contributed by atoms with E-state index >= 15 is 0 Å². The van der Waals surface area contributed by atoms with Gasteiger partial charge in [-0.3, -0.25) is 4.99 Å². The minimum atomic E-state index is -3.26. The molecule has 0 aromatic heterocycles. The van der Waals surface area contributed by atoms with Crippen molar-refractivity contribution in [2.45, 2.75) is 18.2 Å². The van der Waals surface area contributed by atoms with Crippen molar-refractivity contribution < 1.29 is 13.2 Å². The number of ether oxygens (including phenoxy) is 1. The summed E-state index contributed by atoms with van der Waals surface area (Å²) >= 11 is 0. The zero-order chi connectivity index (χ0) is 16.3. The molecule has 0 atom stereocenters. The Morgan fingerprint density at radius 2 is 1.83 bits per heavy atom. The maximum atomic E-state index is 12.1. The number of nitrogens with zero attached hydrogens (tertiary/aromatic N) is 1. The third-order valence-electron chi connectivity index (χ3n) is 2.95. The van der Waals surface area contributed by atoms with E-state index in [-0.39, 0.29) is 29.7 Å². The van der Waals surface area contributed by atoms with Crippen LogP contribution in [0.5, 0.6) is 0 Å². The second-order valence-corrected chi connectivity index (χ2v) is 6.72. The molecule has 0 spiro atoms. The van der Waals surface area contributed by atoms with Crippen molar-refractivity contribution in [3.63, 3.8) is 0 Å². The number of nitrogens with one attached hydrogen (secondary N) is 2. The molecule has 0 saturated carbocycles. The summed E-state index contributed by atoms with van der Waals surface area (Å²) in [5, 5.41) is 6.12. The summed E-state index contributed by atoms with van der Waals surface area (Å²) in [5.41, 5.74) is 0. The van der Waals surface area contributed by atoms with E-state index in [1.54, 1.807) is 37.4 Å². The second kappa shape index (κ2) is 12.5. The standard InChI is InChI=1S/C15H25N3O3S.HI/c1-3-21-12-7-10-17-15(16-2)18-11-13-22(19,20)14-8-5-4-6-9-14;/h4-6,8-9H,3,7,10-13H2,1-2H3,(H2,16,17,18);1H. The Kier molecular flexibility index (Phi) is 12.1. The molecule has 0 aliphatic heterocycles. The van der Waals surface area contributed by atoms with Gasteiger partial charge in [-0.05, 0) is 25.5 Å². The molecule has 0 radical (unpaired) electrons. The molecule has 6 nitrogen and oxygen atoms in total. The first-order valence-electron chi connectivity index (χ1n) is 7.40. The Balaban J connectivity index is 0.00000484. The third kappa shape index (κ3) is 9.11. The van der Waals surface area contributed by atoms with Crippen molar-refractivity contribution in [1.29, 1.82) is 0 Å². The van der Waals surface area contributed by atoms with Gasteiger partial charge in [-0.15, -0.1) is 24.0 Å². The van der Waals surface area contributed by atoms with Crippen LogP contribution in [0.1, 0.15) is 13.3 Å². The highest BCUT2D eigenvalue weighted by atomic mass is 127. The van der Waals surface area contributed by atoms with E-state index in [0.717, 1.165) is 13.0 Å². The van der Waals surface area contributed by atoms with Crippen LogP contribution in [-0.4, -0.2) is 53.5 Å². The Bertz CT molecular complexity index is 550. The first-order valence-corrected chi connectivity index (χ1v) is 9.05. The number of aliphatic imine (C=N–C) groups is 1. The molecule has 0 heterocycles. The Morgan fingerprint density at radius 1 is 1.17 bits per heavy atom. The van der Waals surface area contributed by atoms with Crippen LogP contribution in [0.2, 0.25) is 0 Å². The molecular weight excluding hydrogens is 429 g/mol. The summed E-state index contributed by atoms with van der Waals surface area (Å²) in [7, 11) is -1.61. The van der Waals surface area contributed by atoms with Crippen LogP contribution in [-0.2, 0) is 14.6 Å². The summed E-state index contributed by atoms with van der Waals surface area (Å²) in [5.74, 6) is 0.621. The van der Waals surface area contributed by atoms with Crippen molar-refractivity contribution in [3.05, 3.63) is 30.3 Å². The first-order chi connectivity index (χ1) is 10.6. The molecule has 0 bridgehead atoms. The Morgan fingerprint density at radius 3 is 2.43 bits per heavy atom. The molecule has 132 valence electrons. The van der Waals surface area contributed by atoms with E-state index < -0.39 is 9.84 Å². The highest BCUT2D eigenvalue weighted by molar-refractivity contribution is 14.0. The highest BCUT2D eigenvalue weighted by Crippen LogP contribution is 2.09. The van der Waals surface area contributed by atoms with Gasteiger partial charge in [0, 0.05) is 33.4 Å². The van der Waals surface area contributed by atoms with Gasteiger partial charge >= 0.3 is 0 Å². The largest absolute Gasteiger partial charge is 0.382 e. The molecular formula is C15H26IN3O3S. The van der Waals surface area contributed by atoms with Crippen molar-refractivity contribution in [3.8, 4) is 0 Å². The molecule has 1 aromatic carbocycles. The lowest BCUT2D eigenvalue weighted by atomic mass is 10.4. The first kappa shape index (κ1) is 22.1. The van der Waals surface area contributed by atoms with Crippen LogP contribution in [0.4, 0.5) is 0 Å². The van der Waals surface area contributed by atoms with Gasteiger partial charge < -0.3 is 15.4 Å². The van der Waals surface area contributed by atoms with E-state index in [1.165, 1.54) is 0 Å². The molecule has 23 heavy (non-hydrogen) atoms. The van der Waals surface area contributed by atoms with Gasteiger partial charge in [0.1, 0.15) is 0 Å². The van der Waals surface area contributed by atoms with Gasteiger partial charge in [0.15, 0.2) is 15.8 Å². The summed E-state index contributed by atoms with van der Waals surface area (Å²) in [6.07, 6.45) is 0.872. The van der Waals surface area contributed by atoms with Gasteiger partial charge in [0.2, 0.25) is 0 Å². The number of hydrogen-bond acceptors (Lipinski definition) is 4. The fourth-order valence-electron chi connectivity index (χ4n) is 1.80. The number of halogens is 1. The number of sulfone groups is 1. The van der Waals surface area contributed by atoms with Gasteiger partial charge in [-0.1, -0.05) is 18.2 Å². The Labute approximate surface area is 156 Å². The Hall–Kier alpha value is -0.870. The summed E-state index contributed by atoms with van der Waals surface area (Å²) in [4.78, 5) is 4.40. The predicted molar refractivity (Wildman–Crippen MR) is 104 cm³/mol. The summed E-state index contributed by atoms with van der Waals surface area (Å²) < 4.78 is 29.5. The van der Waals surface area contributed by atoms with Crippen molar-refractivity contribution in [2.24, 2.45) is 4.99 Å². The highest BCUT2D eigenvalue weighted by Gasteiger charge is 2.13. The van der Waals surface area contributed by atoms with Gasteiger partial charge in [-0.25, -0.2) is 8.42 Å².